The van der Waals surface area contributed by atoms with E-state index in [1.165, 1.54) is 5.56 Å². The molecule has 136 valence electrons. The number of hydrogen-bond acceptors (Lipinski definition) is 3. The van der Waals surface area contributed by atoms with E-state index >= 15 is 0 Å². The molecule has 0 radical (unpaired) electrons. The quantitative estimate of drug-likeness (QED) is 0.661. The molecule has 0 aliphatic heterocycles. The van der Waals surface area contributed by atoms with E-state index in [1.807, 2.05) is 23.1 Å². The largest absolute Gasteiger partial charge is 0.395 e. The van der Waals surface area contributed by atoms with Gasteiger partial charge in [-0.25, -0.2) is 0 Å². The normalized spacial score (nSPS) is 11.1. The summed E-state index contributed by atoms with van der Waals surface area (Å²) in [6.45, 7) is 7.80. The molecule has 3 N–H and O–H groups in total. The van der Waals surface area contributed by atoms with Gasteiger partial charge in [-0.05, 0) is 53.7 Å². The number of aryl methyl sites for hydroxylation is 1. The van der Waals surface area contributed by atoms with Crippen LogP contribution in [0.4, 0.5) is 0 Å². The number of aliphatic hydroxyl groups excluding tert-OH is 1. The van der Waals surface area contributed by atoms with Crippen LogP contribution in [0, 0.1) is 5.92 Å². The minimum atomic E-state index is -0.119. The van der Waals surface area contributed by atoms with Crippen molar-refractivity contribution >= 4 is 28.2 Å². The minimum absolute atomic E-state index is 0.0189. The molecule has 2 rings (SSSR count). The number of hydrogen-bond donors (Lipinski definition) is 3. The Morgan fingerprint density at radius 1 is 1.36 bits per heavy atom. The molecule has 25 heavy (non-hydrogen) atoms. The number of nitrogens with one attached hydrogen (secondary N) is 2. The van der Waals surface area contributed by atoms with Crippen molar-refractivity contribution in [2.45, 2.75) is 33.7 Å². The van der Waals surface area contributed by atoms with Gasteiger partial charge in [0.15, 0.2) is 5.11 Å². The first kappa shape index (κ1) is 19.4. The first-order valence-corrected chi connectivity index (χ1v) is 9.13. The molecule has 0 saturated carbocycles. The molecule has 2 aromatic rings. The minimum Gasteiger partial charge on any atom is -0.395 e. The maximum absolute atomic E-state index is 12.4. The molecule has 0 saturated heterocycles. The van der Waals surface area contributed by atoms with Crippen LogP contribution in [0.5, 0.6) is 0 Å². The summed E-state index contributed by atoms with van der Waals surface area (Å²) >= 11 is 5.43. The predicted octanol–water partition coefficient (Wildman–Crippen LogP) is 2.42. The molecule has 0 atom stereocenters. The number of aliphatic hydroxyl groups is 1. The number of fused-ring (bicyclic) bond motifs is 1. The molecule has 0 aliphatic carbocycles. The zero-order valence-electron chi connectivity index (χ0n) is 15.1. The van der Waals surface area contributed by atoms with E-state index in [2.05, 4.69) is 37.1 Å². The molecule has 6 heteroatoms. The highest BCUT2D eigenvalue weighted by Crippen LogP contribution is 2.15. The summed E-state index contributed by atoms with van der Waals surface area (Å²) in [5, 5.41) is 14.1. The Hall–Kier alpha value is -1.92. The van der Waals surface area contributed by atoms with Gasteiger partial charge in [-0.2, -0.15) is 0 Å². The van der Waals surface area contributed by atoms with Crippen LogP contribution in [0.3, 0.4) is 0 Å². The molecule has 5 nitrogen and oxygen atoms in total. The maximum Gasteiger partial charge on any atom is 0.253 e. The van der Waals surface area contributed by atoms with Crippen LogP contribution in [0.2, 0.25) is 0 Å². The van der Waals surface area contributed by atoms with E-state index in [9.17, 15) is 9.90 Å². The second kappa shape index (κ2) is 8.97. The van der Waals surface area contributed by atoms with Crippen molar-refractivity contribution in [2.75, 3.05) is 19.7 Å². The fraction of sp³-hybridized carbons (Fsp3) is 0.474. The number of aromatic nitrogens is 1. The highest BCUT2D eigenvalue weighted by atomic mass is 32.1. The number of thiocarbonyl (C=S) groups is 1. The van der Waals surface area contributed by atoms with E-state index in [0.717, 1.165) is 23.9 Å². The molecular weight excluding hydrogens is 334 g/mol. The third kappa shape index (κ3) is 5.28. The summed E-state index contributed by atoms with van der Waals surface area (Å²) in [6.07, 6.45) is 0.949. The summed E-state index contributed by atoms with van der Waals surface area (Å²) < 4.78 is 0. The summed E-state index contributed by atoms with van der Waals surface area (Å²) in [6, 6.07) is 7.99. The Bertz CT molecular complexity index is 786. The Balaban J connectivity index is 2.26. The van der Waals surface area contributed by atoms with Crippen LogP contribution < -0.4 is 10.9 Å². The average molecular weight is 362 g/mol. The van der Waals surface area contributed by atoms with Gasteiger partial charge in [0.1, 0.15) is 0 Å². The summed E-state index contributed by atoms with van der Waals surface area (Å²) in [4.78, 5) is 17.2. The number of aromatic amines is 1. The number of benzene rings is 1. The number of H-pyrrole nitrogens is 1. The molecule has 0 bridgehead atoms. The molecule has 1 heterocycles. The molecule has 1 aromatic carbocycles. The van der Waals surface area contributed by atoms with Crippen molar-refractivity contribution in [3.63, 3.8) is 0 Å². The SMILES string of the molecule is CCc1ccc2[nH]c(=O)c(CN(CCO)C(=S)NCC(C)C)cc2c1. The Kier molecular flexibility index (Phi) is 6.96. The average Bonchev–Trinajstić information content (AvgIpc) is 2.59. The van der Waals surface area contributed by atoms with E-state index in [0.29, 0.717) is 29.7 Å². The molecule has 1 aromatic heterocycles. The Morgan fingerprint density at radius 3 is 2.76 bits per heavy atom. The predicted molar refractivity (Wildman–Crippen MR) is 107 cm³/mol. The summed E-state index contributed by atoms with van der Waals surface area (Å²) in [5.74, 6) is 0.463. The van der Waals surface area contributed by atoms with Crippen LogP contribution in [0.25, 0.3) is 10.9 Å². The topological polar surface area (TPSA) is 68.4 Å². The monoisotopic (exact) mass is 361 g/mol. The van der Waals surface area contributed by atoms with Gasteiger partial charge in [0, 0.05) is 24.2 Å². The van der Waals surface area contributed by atoms with Gasteiger partial charge in [-0.3, -0.25) is 4.79 Å². The van der Waals surface area contributed by atoms with Gasteiger partial charge in [0.2, 0.25) is 0 Å². The zero-order chi connectivity index (χ0) is 18.4. The molecule has 0 amide bonds. The summed E-state index contributed by atoms with van der Waals surface area (Å²) in [7, 11) is 0. The van der Waals surface area contributed by atoms with E-state index in [-0.39, 0.29) is 12.2 Å². The fourth-order valence-corrected chi connectivity index (χ4v) is 2.86. The van der Waals surface area contributed by atoms with Gasteiger partial charge in [-0.15, -0.1) is 0 Å². The van der Waals surface area contributed by atoms with Crippen LogP contribution in [0.1, 0.15) is 31.9 Å². The second-order valence-electron chi connectivity index (χ2n) is 6.62. The summed E-state index contributed by atoms with van der Waals surface area (Å²) in [5.41, 5.74) is 2.58. The van der Waals surface area contributed by atoms with Gasteiger partial charge in [-0.1, -0.05) is 26.8 Å². The highest BCUT2D eigenvalue weighted by molar-refractivity contribution is 7.80. The fourth-order valence-electron chi connectivity index (χ4n) is 2.62. The lowest BCUT2D eigenvalue weighted by Gasteiger charge is -2.25. The Labute approximate surface area is 154 Å². The standard InChI is InChI=1S/C19H27N3O2S/c1-4-14-5-6-17-15(9-14)10-16(18(24)21-17)12-22(7-8-23)19(25)20-11-13(2)3/h5-6,9-10,13,23H,4,7-8,11-12H2,1-3H3,(H,20,25)(H,21,24). The van der Waals surface area contributed by atoms with Gasteiger partial charge < -0.3 is 20.3 Å². The van der Waals surface area contributed by atoms with Crippen LogP contribution in [-0.2, 0) is 13.0 Å². The third-order valence-electron chi connectivity index (χ3n) is 4.07. The van der Waals surface area contributed by atoms with E-state index < -0.39 is 0 Å². The molecule has 0 spiro atoms. The van der Waals surface area contributed by atoms with Gasteiger partial charge in [0.05, 0.1) is 13.2 Å². The van der Waals surface area contributed by atoms with Crippen molar-refractivity contribution in [1.82, 2.24) is 15.2 Å². The van der Waals surface area contributed by atoms with Crippen molar-refractivity contribution in [3.05, 3.63) is 45.7 Å². The van der Waals surface area contributed by atoms with Crippen LogP contribution in [-0.4, -0.2) is 39.8 Å². The van der Waals surface area contributed by atoms with Crippen molar-refractivity contribution in [1.29, 1.82) is 0 Å². The molecule has 0 aliphatic rings. The second-order valence-corrected chi connectivity index (χ2v) is 7.01. The number of nitrogens with zero attached hydrogens (tertiary/aromatic N) is 1. The molecular formula is C19H27N3O2S. The lowest BCUT2D eigenvalue weighted by molar-refractivity contribution is 0.245. The Morgan fingerprint density at radius 2 is 2.12 bits per heavy atom. The van der Waals surface area contributed by atoms with E-state index in [4.69, 9.17) is 12.2 Å². The van der Waals surface area contributed by atoms with Crippen molar-refractivity contribution < 1.29 is 5.11 Å². The number of pyridine rings is 1. The first-order valence-electron chi connectivity index (χ1n) is 8.73. The van der Waals surface area contributed by atoms with Gasteiger partial charge >= 0.3 is 0 Å². The molecule has 0 unspecified atom stereocenters. The smallest absolute Gasteiger partial charge is 0.253 e. The van der Waals surface area contributed by atoms with Crippen molar-refractivity contribution in [3.8, 4) is 0 Å². The van der Waals surface area contributed by atoms with Crippen molar-refractivity contribution in [2.24, 2.45) is 5.92 Å². The lowest BCUT2D eigenvalue weighted by atomic mass is 10.1. The van der Waals surface area contributed by atoms with Crippen LogP contribution >= 0.6 is 12.2 Å². The first-order chi connectivity index (χ1) is 11.9. The maximum atomic E-state index is 12.4. The lowest BCUT2D eigenvalue weighted by Crippen LogP contribution is -2.42. The van der Waals surface area contributed by atoms with E-state index in [1.54, 1.807) is 0 Å². The molecule has 0 fully saturated rings. The van der Waals surface area contributed by atoms with Gasteiger partial charge in [0.25, 0.3) is 5.56 Å². The number of rotatable bonds is 7. The van der Waals surface area contributed by atoms with Crippen LogP contribution in [0.15, 0.2) is 29.1 Å². The highest BCUT2D eigenvalue weighted by Gasteiger charge is 2.13. The third-order valence-corrected chi connectivity index (χ3v) is 4.48. The zero-order valence-corrected chi connectivity index (χ0v) is 15.9.